The molecule has 1 rings (SSSR count). The molecule has 1 aromatic rings. The lowest BCUT2D eigenvalue weighted by Gasteiger charge is -2.23. The maximum Gasteiger partial charge on any atom is 0.214 e. The Labute approximate surface area is 84.6 Å². The van der Waals surface area contributed by atoms with Crippen LogP contribution >= 0.6 is 0 Å². The second-order valence-electron chi connectivity index (χ2n) is 4.22. The van der Waals surface area contributed by atoms with Crippen LogP contribution in [0.25, 0.3) is 0 Å². The normalized spacial score (nSPS) is 11.4. The van der Waals surface area contributed by atoms with E-state index in [1.54, 1.807) is 12.1 Å². The summed E-state index contributed by atoms with van der Waals surface area (Å²) in [5, 5.41) is 3.13. The molecule has 0 saturated carbocycles. The van der Waals surface area contributed by atoms with Gasteiger partial charge in [0.05, 0.1) is 0 Å². The van der Waals surface area contributed by atoms with Crippen molar-refractivity contribution in [1.29, 1.82) is 0 Å². The molecular weight excluding hydrogens is 179 g/mol. The van der Waals surface area contributed by atoms with Crippen LogP contribution < -0.4 is 5.32 Å². The van der Waals surface area contributed by atoms with Crippen molar-refractivity contribution in [3.8, 4) is 0 Å². The second-order valence-corrected chi connectivity index (χ2v) is 4.22. The van der Waals surface area contributed by atoms with Gasteiger partial charge in [0.1, 0.15) is 5.82 Å². The Morgan fingerprint density at radius 3 is 2.71 bits per heavy atom. The lowest BCUT2D eigenvalue weighted by atomic mass is 9.90. The van der Waals surface area contributed by atoms with Crippen molar-refractivity contribution in [3.05, 3.63) is 24.1 Å². The lowest BCUT2D eigenvalue weighted by Crippen LogP contribution is -2.22. The van der Waals surface area contributed by atoms with E-state index >= 15 is 0 Å². The van der Waals surface area contributed by atoms with Crippen LogP contribution in [-0.2, 0) is 0 Å². The maximum atomic E-state index is 12.7. The minimum absolute atomic E-state index is 0.216. The van der Waals surface area contributed by atoms with Gasteiger partial charge in [-0.1, -0.05) is 26.8 Å². The predicted molar refractivity (Wildman–Crippen MR) is 56.8 cm³/mol. The first kappa shape index (κ1) is 11.0. The molecule has 0 aliphatic rings. The number of nitrogens with zero attached hydrogens (tertiary/aromatic N) is 1. The highest BCUT2D eigenvalue weighted by molar-refractivity contribution is 5.33. The van der Waals surface area contributed by atoms with Crippen LogP contribution in [0.2, 0.25) is 0 Å². The summed E-state index contributed by atoms with van der Waals surface area (Å²) >= 11 is 0. The van der Waals surface area contributed by atoms with E-state index in [-0.39, 0.29) is 5.41 Å². The van der Waals surface area contributed by atoms with Crippen molar-refractivity contribution in [2.45, 2.75) is 27.2 Å². The van der Waals surface area contributed by atoms with Crippen LogP contribution in [0.4, 0.5) is 10.2 Å². The van der Waals surface area contributed by atoms with Crippen LogP contribution in [0.3, 0.4) is 0 Å². The van der Waals surface area contributed by atoms with E-state index in [2.05, 4.69) is 31.1 Å². The first-order chi connectivity index (χ1) is 6.53. The van der Waals surface area contributed by atoms with Crippen molar-refractivity contribution in [3.63, 3.8) is 0 Å². The molecule has 0 unspecified atom stereocenters. The van der Waals surface area contributed by atoms with Gasteiger partial charge in [0.2, 0.25) is 5.95 Å². The zero-order valence-corrected chi connectivity index (χ0v) is 8.97. The molecule has 3 heteroatoms. The van der Waals surface area contributed by atoms with Gasteiger partial charge in [0.25, 0.3) is 0 Å². The van der Waals surface area contributed by atoms with Gasteiger partial charge in [0.15, 0.2) is 0 Å². The van der Waals surface area contributed by atoms with Gasteiger partial charge in [-0.05, 0) is 24.0 Å². The smallest absolute Gasteiger partial charge is 0.214 e. The van der Waals surface area contributed by atoms with Crippen molar-refractivity contribution in [2.24, 2.45) is 5.41 Å². The zero-order chi connectivity index (χ0) is 10.6. The average molecular weight is 196 g/mol. The number of halogens is 1. The summed E-state index contributed by atoms with van der Waals surface area (Å²) in [6.45, 7) is 7.28. The van der Waals surface area contributed by atoms with Crippen LogP contribution in [-0.4, -0.2) is 11.5 Å². The molecule has 0 aromatic carbocycles. The molecule has 0 fully saturated rings. The van der Waals surface area contributed by atoms with E-state index in [0.717, 1.165) is 13.0 Å². The number of anilines is 1. The first-order valence-corrected chi connectivity index (χ1v) is 4.90. The van der Waals surface area contributed by atoms with E-state index < -0.39 is 5.95 Å². The fourth-order valence-electron chi connectivity index (χ4n) is 0.962. The van der Waals surface area contributed by atoms with Gasteiger partial charge < -0.3 is 5.32 Å². The van der Waals surface area contributed by atoms with Crippen molar-refractivity contribution < 1.29 is 4.39 Å². The van der Waals surface area contributed by atoms with Gasteiger partial charge in [-0.25, -0.2) is 4.98 Å². The highest BCUT2D eigenvalue weighted by Crippen LogP contribution is 2.19. The molecule has 1 aromatic heterocycles. The standard InChI is InChI=1S/C11H17FN2/c1-4-11(2,3)8-13-10-7-5-6-9(12)14-10/h5-7H,4,8H2,1-3H3,(H,13,14). The molecule has 0 aliphatic carbocycles. The monoisotopic (exact) mass is 196 g/mol. The van der Waals surface area contributed by atoms with Gasteiger partial charge in [-0.2, -0.15) is 4.39 Å². The molecule has 0 spiro atoms. The Kier molecular flexibility index (Phi) is 3.44. The lowest BCUT2D eigenvalue weighted by molar-refractivity contribution is 0.376. The zero-order valence-electron chi connectivity index (χ0n) is 8.97. The largest absolute Gasteiger partial charge is 0.369 e. The Bertz CT molecular complexity index is 297. The highest BCUT2D eigenvalue weighted by atomic mass is 19.1. The van der Waals surface area contributed by atoms with E-state index in [9.17, 15) is 4.39 Å². The molecule has 78 valence electrons. The second kappa shape index (κ2) is 4.40. The molecule has 14 heavy (non-hydrogen) atoms. The quantitative estimate of drug-likeness (QED) is 0.748. The van der Waals surface area contributed by atoms with E-state index in [1.807, 2.05) is 0 Å². The molecule has 0 amide bonds. The molecule has 2 nitrogen and oxygen atoms in total. The summed E-state index contributed by atoms with van der Waals surface area (Å²) in [4.78, 5) is 3.73. The van der Waals surface area contributed by atoms with E-state index in [0.29, 0.717) is 5.82 Å². The first-order valence-electron chi connectivity index (χ1n) is 4.90. The minimum atomic E-state index is -0.440. The Morgan fingerprint density at radius 1 is 1.43 bits per heavy atom. The number of aromatic nitrogens is 1. The van der Waals surface area contributed by atoms with Crippen molar-refractivity contribution in [1.82, 2.24) is 4.98 Å². The average Bonchev–Trinajstić information content (AvgIpc) is 2.15. The van der Waals surface area contributed by atoms with Crippen LogP contribution in [0.5, 0.6) is 0 Å². The third-order valence-corrected chi connectivity index (χ3v) is 2.42. The molecule has 0 bridgehead atoms. The fourth-order valence-corrected chi connectivity index (χ4v) is 0.962. The molecule has 1 heterocycles. The Balaban J connectivity index is 2.54. The number of nitrogens with one attached hydrogen (secondary N) is 1. The number of hydrogen-bond donors (Lipinski definition) is 1. The minimum Gasteiger partial charge on any atom is -0.369 e. The summed E-state index contributed by atoms with van der Waals surface area (Å²) in [5.74, 6) is 0.163. The topological polar surface area (TPSA) is 24.9 Å². The highest BCUT2D eigenvalue weighted by Gasteiger charge is 2.14. The van der Waals surface area contributed by atoms with Gasteiger partial charge in [0, 0.05) is 6.54 Å². The number of rotatable bonds is 4. The Morgan fingerprint density at radius 2 is 2.14 bits per heavy atom. The molecule has 0 saturated heterocycles. The van der Waals surface area contributed by atoms with Crippen LogP contribution in [0.15, 0.2) is 18.2 Å². The molecular formula is C11H17FN2. The van der Waals surface area contributed by atoms with Crippen LogP contribution in [0.1, 0.15) is 27.2 Å². The van der Waals surface area contributed by atoms with E-state index in [4.69, 9.17) is 0 Å². The van der Waals surface area contributed by atoms with Crippen molar-refractivity contribution in [2.75, 3.05) is 11.9 Å². The third-order valence-electron chi connectivity index (χ3n) is 2.42. The summed E-state index contributed by atoms with van der Waals surface area (Å²) in [7, 11) is 0. The summed E-state index contributed by atoms with van der Waals surface area (Å²) in [6.07, 6.45) is 1.08. The fraction of sp³-hybridized carbons (Fsp3) is 0.545. The summed E-state index contributed by atoms with van der Waals surface area (Å²) in [5.41, 5.74) is 0.216. The molecule has 0 aliphatic heterocycles. The van der Waals surface area contributed by atoms with Crippen LogP contribution in [0, 0.1) is 11.4 Å². The molecule has 1 N–H and O–H groups in total. The SMILES string of the molecule is CCC(C)(C)CNc1cccc(F)n1. The van der Waals surface area contributed by atoms with Gasteiger partial charge in [-0.3, -0.25) is 0 Å². The number of hydrogen-bond acceptors (Lipinski definition) is 2. The maximum absolute atomic E-state index is 12.7. The Hall–Kier alpha value is -1.12. The van der Waals surface area contributed by atoms with Gasteiger partial charge >= 0.3 is 0 Å². The molecule has 0 radical (unpaired) electrons. The van der Waals surface area contributed by atoms with Gasteiger partial charge in [-0.15, -0.1) is 0 Å². The summed E-state index contributed by atoms with van der Waals surface area (Å²) in [6, 6.07) is 4.77. The number of pyridine rings is 1. The third kappa shape index (κ3) is 3.32. The molecule has 0 atom stereocenters. The predicted octanol–water partition coefficient (Wildman–Crippen LogP) is 3.07. The van der Waals surface area contributed by atoms with E-state index in [1.165, 1.54) is 6.07 Å². The van der Waals surface area contributed by atoms with Crippen molar-refractivity contribution >= 4 is 5.82 Å². The summed E-state index contributed by atoms with van der Waals surface area (Å²) < 4.78 is 12.7.